The number of aliphatic imine (C=N–C) groups is 1. The van der Waals surface area contributed by atoms with Crippen molar-refractivity contribution in [2.75, 3.05) is 18.5 Å². The Balaban J connectivity index is 1.64. The third kappa shape index (κ3) is 6.20. The molecule has 2 aromatic carbocycles. The summed E-state index contributed by atoms with van der Waals surface area (Å²) in [5.41, 5.74) is 6.99. The zero-order chi connectivity index (χ0) is 21.3. The smallest absolute Gasteiger partial charge is 0.271 e. The number of amidine groups is 1. The highest BCUT2D eigenvalue weighted by molar-refractivity contribution is 7.10. The summed E-state index contributed by atoms with van der Waals surface area (Å²) in [4.78, 5) is 16.5. The first-order chi connectivity index (χ1) is 14.5. The third-order valence-corrected chi connectivity index (χ3v) is 4.88. The van der Waals surface area contributed by atoms with Crippen molar-refractivity contribution >= 4 is 28.1 Å². The maximum atomic E-state index is 12.2. The lowest BCUT2D eigenvalue weighted by Crippen LogP contribution is -2.22. The van der Waals surface area contributed by atoms with Crippen molar-refractivity contribution in [2.24, 2.45) is 10.7 Å². The third-order valence-electron chi connectivity index (χ3n) is 4.08. The number of aromatic amines is 1. The van der Waals surface area contributed by atoms with Gasteiger partial charge in [-0.15, -0.1) is 0 Å². The summed E-state index contributed by atoms with van der Waals surface area (Å²) in [6, 6.07) is 17.0. The normalized spacial score (nSPS) is 11.6. The summed E-state index contributed by atoms with van der Waals surface area (Å²) in [5.74, 6) is 1.71. The molecular weight excluding hydrogens is 400 g/mol. The summed E-state index contributed by atoms with van der Waals surface area (Å²) < 4.78 is 14.0. The highest BCUT2D eigenvalue weighted by atomic mass is 32.1. The summed E-state index contributed by atoms with van der Waals surface area (Å²) in [7, 11) is 0. The van der Waals surface area contributed by atoms with Crippen LogP contribution in [0.15, 0.2) is 64.4 Å². The van der Waals surface area contributed by atoms with E-state index in [4.69, 9.17) is 15.2 Å². The molecule has 8 heteroatoms. The molecule has 0 fully saturated rings. The number of benzene rings is 2. The minimum Gasteiger partial charge on any atom is -0.457 e. The molecule has 0 radical (unpaired) electrons. The van der Waals surface area contributed by atoms with E-state index in [0.29, 0.717) is 23.7 Å². The van der Waals surface area contributed by atoms with Gasteiger partial charge in [-0.2, -0.15) is 0 Å². The Bertz CT molecular complexity index is 1010. The Morgan fingerprint density at radius 2 is 1.83 bits per heavy atom. The van der Waals surface area contributed by atoms with Crippen LogP contribution in [-0.4, -0.2) is 29.5 Å². The Morgan fingerprint density at radius 1 is 1.13 bits per heavy atom. The second-order valence-corrected chi connectivity index (χ2v) is 7.66. The second kappa shape index (κ2) is 10.6. The molecule has 0 aliphatic heterocycles. The van der Waals surface area contributed by atoms with Crippen LogP contribution in [0, 0.1) is 0 Å². The van der Waals surface area contributed by atoms with Gasteiger partial charge in [-0.3, -0.25) is 14.2 Å². The molecule has 30 heavy (non-hydrogen) atoms. The van der Waals surface area contributed by atoms with Gasteiger partial charge in [0.15, 0.2) is 0 Å². The van der Waals surface area contributed by atoms with Gasteiger partial charge in [0.1, 0.15) is 27.9 Å². The molecule has 1 heterocycles. The van der Waals surface area contributed by atoms with Gasteiger partial charge in [0.25, 0.3) is 5.56 Å². The molecule has 0 aliphatic carbocycles. The van der Waals surface area contributed by atoms with Gasteiger partial charge >= 0.3 is 0 Å². The number of anilines is 2. The molecule has 0 saturated carbocycles. The molecule has 0 bridgehead atoms. The topological polar surface area (TPSA) is 102 Å². The van der Waals surface area contributed by atoms with E-state index in [1.54, 1.807) is 0 Å². The minimum atomic E-state index is -0.258. The molecule has 0 spiro atoms. The average molecular weight is 427 g/mol. The van der Waals surface area contributed by atoms with Crippen LogP contribution in [0.1, 0.15) is 25.8 Å². The van der Waals surface area contributed by atoms with E-state index in [-0.39, 0.29) is 17.5 Å². The zero-order valence-corrected chi connectivity index (χ0v) is 17.9. The average Bonchev–Trinajstić information content (AvgIpc) is 3.09. The largest absolute Gasteiger partial charge is 0.457 e. The Morgan fingerprint density at radius 3 is 2.53 bits per heavy atom. The van der Waals surface area contributed by atoms with Gasteiger partial charge in [0, 0.05) is 18.8 Å². The van der Waals surface area contributed by atoms with Crippen molar-refractivity contribution in [3.8, 4) is 11.5 Å². The quantitative estimate of drug-likeness (QED) is 0.252. The van der Waals surface area contributed by atoms with Crippen LogP contribution in [0.4, 0.5) is 10.7 Å². The lowest BCUT2D eigenvalue weighted by molar-refractivity contribution is 0.0783. The van der Waals surface area contributed by atoms with Crippen LogP contribution in [0.25, 0.3) is 0 Å². The molecule has 0 amide bonds. The molecule has 0 saturated heterocycles. The predicted molar refractivity (Wildman–Crippen MR) is 122 cm³/mol. The Labute approximate surface area is 179 Å². The fourth-order valence-corrected chi connectivity index (χ4v) is 3.41. The molecular formula is C22H26N4O3S. The predicted octanol–water partition coefficient (Wildman–Crippen LogP) is 4.49. The summed E-state index contributed by atoms with van der Waals surface area (Å²) in [6.45, 7) is 5.08. The maximum absolute atomic E-state index is 12.2. The lowest BCUT2D eigenvalue weighted by atomic mass is 10.2. The van der Waals surface area contributed by atoms with Gasteiger partial charge in [0.05, 0.1) is 6.10 Å². The fraction of sp³-hybridized carbons (Fsp3) is 0.273. The van der Waals surface area contributed by atoms with Gasteiger partial charge in [0.2, 0.25) is 0 Å². The molecule has 158 valence electrons. The standard InChI is InChI=1S/C22H26N4O3S/c1-15(2)28-14-6-13-24-20(23)19-21(27)26-30-22(19)25-16-9-11-18(12-10-16)29-17-7-4-3-5-8-17/h3-5,7-12,15,25H,6,13-14H2,1-2H3,(H2,23,24)(H,26,27). The number of nitrogens with two attached hydrogens (primary N) is 1. The number of H-pyrrole nitrogens is 1. The van der Waals surface area contributed by atoms with Crippen LogP contribution in [0.5, 0.6) is 11.5 Å². The van der Waals surface area contributed by atoms with Gasteiger partial charge < -0.3 is 20.5 Å². The number of aromatic nitrogens is 1. The van der Waals surface area contributed by atoms with Crippen molar-refractivity contribution in [2.45, 2.75) is 26.4 Å². The highest BCUT2D eigenvalue weighted by Crippen LogP contribution is 2.26. The number of nitrogens with zero attached hydrogens (tertiary/aromatic N) is 1. The molecule has 7 nitrogen and oxygen atoms in total. The number of ether oxygens (including phenoxy) is 2. The van der Waals surface area contributed by atoms with Gasteiger partial charge in [-0.05, 0) is 68.2 Å². The van der Waals surface area contributed by atoms with Crippen molar-refractivity contribution in [3.63, 3.8) is 0 Å². The monoisotopic (exact) mass is 426 g/mol. The van der Waals surface area contributed by atoms with Crippen LogP contribution < -0.4 is 21.3 Å². The van der Waals surface area contributed by atoms with Crippen molar-refractivity contribution in [1.29, 1.82) is 0 Å². The highest BCUT2D eigenvalue weighted by Gasteiger charge is 2.14. The van der Waals surface area contributed by atoms with Crippen LogP contribution in [0.3, 0.4) is 0 Å². The first kappa shape index (κ1) is 21.6. The van der Waals surface area contributed by atoms with E-state index in [2.05, 4.69) is 14.7 Å². The molecule has 1 aromatic heterocycles. The maximum Gasteiger partial charge on any atom is 0.271 e. The number of para-hydroxylation sites is 1. The zero-order valence-electron chi connectivity index (χ0n) is 17.1. The fourth-order valence-electron chi connectivity index (χ4n) is 2.65. The van der Waals surface area contributed by atoms with Crippen LogP contribution in [0.2, 0.25) is 0 Å². The van der Waals surface area contributed by atoms with E-state index in [1.807, 2.05) is 68.4 Å². The summed E-state index contributed by atoms with van der Waals surface area (Å²) in [6.07, 6.45) is 0.929. The van der Waals surface area contributed by atoms with E-state index >= 15 is 0 Å². The molecule has 3 aromatic rings. The second-order valence-electron chi connectivity index (χ2n) is 6.84. The van der Waals surface area contributed by atoms with E-state index in [0.717, 1.165) is 23.6 Å². The minimum absolute atomic E-state index is 0.186. The van der Waals surface area contributed by atoms with Crippen molar-refractivity contribution in [1.82, 2.24) is 4.37 Å². The number of hydrogen-bond acceptors (Lipinski definition) is 6. The molecule has 0 unspecified atom stereocenters. The summed E-state index contributed by atoms with van der Waals surface area (Å²) >= 11 is 1.19. The number of nitrogens with one attached hydrogen (secondary N) is 2. The number of hydrogen-bond donors (Lipinski definition) is 3. The van der Waals surface area contributed by atoms with Gasteiger partial charge in [-0.1, -0.05) is 18.2 Å². The first-order valence-electron chi connectivity index (χ1n) is 9.76. The molecule has 4 N–H and O–H groups in total. The molecule has 3 rings (SSSR count). The van der Waals surface area contributed by atoms with Crippen molar-refractivity contribution in [3.05, 3.63) is 70.5 Å². The Hall–Kier alpha value is -3.10. The Kier molecular flexibility index (Phi) is 7.64. The van der Waals surface area contributed by atoms with Crippen LogP contribution >= 0.6 is 11.5 Å². The van der Waals surface area contributed by atoms with Crippen molar-refractivity contribution < 1.29 is 9.47 Å². The molecule has 0 atom stereocenters. The SMILES string of the molecule is CC(C)OCCCN=C(N)c1c(Nc2ccc(Oc3ccccc3)cc2)s[nH]c1=O. The number of rotatable bonds is 10. The molecule has 0 aliphatic rings. The van der Waals surface area contributed by atoms with E-state index in [1.165, 1.54) is 11.5 Å². The van der Waals surface area contributed by atoms with E-state index in [9.17, 15) is 4.79 Å². The van der Waals surface area contributed by atoms with Gasteiger partial charge in [-0.25, -0.2) is 0 Å². The summed E-state index contributed by atoms with van der Waals surface area (Å²) in [5, 5.41) is 3.85. The van der Waals surface area contributed by atoms with E-state index < -0.39 is 0 Å². The lowest BCUT2D eigenvalue weighted by Gasteiger charge is -2.09. The van der Waals surface area contributed by atoms with Crippen LogP contribution in [-0.2, 0) is 4.74 Å². The first-order valence-corrected chi connectivity index (χ1v) is 10.6.